The van der Waals surface area contributed by atoms with Crippen molar-refractivity contribution in [2.24, 2.45) is 5.73 Å². The van der Waals surface area contributed by atoms with Crippen LogP contribution >= 0.6 is 0 Å². The Morgan fingerprint density at radius 1 is 1.32 bits per heavy atom. The van der Waals surface area contributed by atoms with Gasteiger partial charge in [-0.15, -0.1) is 0 Å². The summed E-state index contributed by atoms with van der Waals surface area (Å²) in [6.45, 7) is 5.71. The van der Waals surface area contributed by atoms with Crippen molar-refractivity contribution in [1.82, 2.24) is 9.80 Å². The van der Waals surface area contributed by atoms with Crippen LogP contribution in [0, 0.1) is 0 Å². The summed E-state index contributed by atoms with van der Waals surface area (Å²) in [6, 6.07) is 10.8. The summed E-state index contributed by atoms with van der Waals surface area (Å²) in [7, 11) is 2.15. The smallest absolute Gasteiger partial charge is 0.0867 e. The van der Waals surface area contributed by atoms with Crippen molar-refractivity contribution in [3.05, 3.63) is 35.9 Å². The molecule has 2 unspecified atom stereocenters. The molecule has 0 saturated carbocycles. The first-order valence-electron chi connectivity index (χ1n) is 6.92. The molecule has 0 spiro atoms. The molecule has 1 aliphatic rings. The molecule has 3 N–H and O–H groups in total. The maximum Gasteiger partial charge on any atom is 0.0867 e. The van der Waals surface area contributed by atoms with Crippen LogP contribution in [0.5, 0.6) is 0 Å². The van der Waals surface area contributed by atoms with Crippen molar-refractivity contribution in [1.29, 1.82) is 0 Å². The van der Waals surface area contributed by atoms with Gasteiger partial charge in [-0.2, -0.15) is 0 Å². The number of benzene rings is 1. The van der Waals surface area contributed by atoms with E-state index < -0.39 is 5.60 Å². The minimum absolute atomic E-state index is 0.293. The van der Waals surface area contributed by atoms with E-state index in [-0.39, 0.29) is 0 Å². The van der Waals surface area contributed by atoms with Crippen molar-refractivity contribution in [2.45, 2.75) is 18.6 Å². The Hall–Kier alpha value is -0.940. The third-order valence-electron chi connectivity index (χ3n) is 3.86. The number of nitrogens with two attached hydrogens (primary N) is 1. The normalized spacial score (nSPS) is 25.2. The van der Waals surface area contributed by atoms with E-state index in [1.165, 1.54) is 5.56 Å². The minimum atomic E-state index is -0.817. The number of rotatable bonds is 4. The van der Waals surface area contributed by atoms with Gasteiger partial charge < -0.3 is 15.7 Å². The number of piperazine rings is 1. The molecule has 0 aliphatic carbocycles. The zero-order valence-corrected chi connectivity index (χ0v) is 11.9. The number of nitrogens with zero attached hydrogens (tertiary/aromatic N) is 2. The molecule has 1 aromatic rings. The number of aliphatic hydroxyl groups is 1. The topological polar surface area (TPSA) is 52.7 Å². The highest BCUT2D eigenvalue weighted by Crippen LogP contribution is 2.26. The first-order valence-corrected chi connectivity index (χ1v) is 6.92. The molecule has 0 radical (unpaired) electrons. The summed E-state index contributed by atoms with van der Waals surface area (Å²) >= 11 is 0. The van der Waals surface area contributed by atoms with Gasteiger partial charge in [0.1, 0.15) is 0 Å². The fraction of sp³-hybridized carbons (Fsp3) is 0.600. The van der Waals surface area contributed by atoms with E-state index in [4.69, 9.17) is 5.73 Å². The molecule has 0 amide bonds. The molecular weight excluding hydrogens is 238 g/mol. The number of hydrogen-bond donors (Lipinski definition) is 2. The standard InChI is InChI=1S/C15H25N3O/c1-15(19,11-16)12-18-9-8-17(2)10-14(18)13-6-4-3-5-7-13/h3-7,14,19H,8-12,16H2,1-2H3. The van der Waals surface area contributed by atoms with Gasteiger partial charge in [-0.3, -0.25) is 4.90 Å². The number of β-amino-alcohol motifs (C(OH)–C–C–N with tert-alkyl or cyclic N) is 1. The van der Waals surface area contributed by atoms with Gasteiger partial charge >= 0.3 is 0 Å². The lowest BCUT2D eigenvalue weighted by Gasteiger charge is -2.43. The van der Waals surface area contributed by atoms with Gasteiger partial charge in [-0.25, -0.2) is 0 Å². The van der Waals surface area contributed by atoms with Gasteiger partial charge in [-0.05, 0) is 19.5 Å². The lowest BCUT2D eigenvalue weighted by Crippen LogP contribution is -2.53. The van der Waals surface area contributed by atoms with Crippen molar-refractivity contribution in [3.63, 3.8) is 0 Å². The second kappa shape index (κ2) is 6.01. The molecule has 1 heterocycles. The van der Waals surface area contributed by atoms with Crippen LogP contribution in [0.1, 0.15) is 18.5 Å². The zero-order valence-electron chi connectivity index (χ0n) is 11.9. The lowest BCUT2D eigenvalue weighted by molar-refractivity contribution is -0.0101. The fourth-order valence-corrected chi connectivity index (χ4v) is 2.64. The molecule has 2 rings (SSSR count). The predicted molar refractivity (Wildman–Crippen MR) is 77.9 cm³/mol. The number of likely N-dealkylation sites (N-methyl/N-ethyl adjacent to an activating group) is 1. The maximum atomic E-state index is 10.2. The Bertz CT molecular complexity index is 394. The lowest BCUT2D eigenvalue weighted by atomic mass is 9.99. The molecule has 19 heavy (non-hydrogen) atoms. The van der Waals surface area contributed by atoms with Crippen molar-refractivity contribution < 1.29 is 5.11 Å². The Morgan fingerprint density at radius 3 is 2.63 bits per heavy atom. The fourth-order valence-electron chi connectivity index (χ4n) is 2.64. The summed E-state index contributed by atoms with van der Waals surface area (Å²) in [6.07, 6.45) is 0. The first-order chi connectivity index (χ1) is 9.02. The molecule has 2 atom stereocenters. The average molecular weight is 263 g/mol. The SMILES string of the molecule is CN1CCN(CC(C)(O)CN)C(c2ccccc2)C1. The summed E-state index contributed by atoms with van der Waals surface area (Å²) in [5, 5.41) is 10.2. The summed E-state index contributed by atoms with van der Waals surface area (Å²) in [4.78, 5) is 4.69. The van der Waals surface area contributed by atoms with E-state index in [9.17, 15) is 5.11 Å². The molecule has 0 bridgehead atoms. The predicted octanol–water partition coefficient (Wildman–Crippen LogP) is 0.685. The third kappa shape index (κ3) is 3.76. The molecule has 1 aromatic carbocycles. The summed E-state index contributed by atoms with van der Waals surface area (Å²) in [5.41, 5.74) is 6.14. The highest BCUT2D eigenvalue weighted by Gasteiger charge is 2.31. The van der Waals surface area contributed by atoms with Crippen LogP contribution in [0.15, 0.2) is 30.3 Å². The Kier molecular flexibility index (Phi) is 4.58. The highest BCUT2D eigenvalue weighted by atomic mass is 16.3. The summed E-state index contributed by atoms with van der Waals surface area (Å²) in [5.74, 6) is 0. The Morgan fingerprint density at radius 2 is 2.00 bits per heavy atom. The molecule has 1 saturated heterocycles. The van der Waals surface area contributed by atoms with Crippen LogP contribution in [-0.2, 0) is 0 Å². The maximum absolute atomic E-state index is 10.2. The third-order valence-corrected chi connectivity index (χ3v) is 3.86. The summed E-state index contributed by atoms with van der Waals surface area (Å²) < 4.78 is 0. The van der Waals surface area contributed by atoms with Crippen LogP contribution in [0.3, 0.4) is 0 Å². The van der Waals surface area contributed by atoms with Crippen molar-refractivity contribution in [2.75, 3.05) is 39.8 Å². The number of hydrogen-bond acceptors (Lipinski definition) is 4. The highest BCUT2D eigenvalue weighted by molar-refractivity contribution is 5.20. The minimum Gasteiger partial charge on any atom is -0.388 e. The molecule has 4 heteroatoms. The van der Waals surface area contributed by atoms with Gasteiger partial charge in [0.2, 0.25) is 0 Å². The van der Waals surface area contributed by atoms with Gasteiger partial charge in [-0.1, -0.05) is 30.3 Å². The van der Waals surface area contributed by atoms with Gasteiger partial charge in [0.25, 0.3) is 0 Å². The Balaban J connectivity index is 2.16. The molecule has 0 aromatic heterocycles. The van der Waals surface area contributed by atoms with E-state index >= 15 is 0 Å². The van der Waals surface area contributed by atoms with Crippen LogP contribution in [-0.4, -0.2) is 60.3 Å². The van der Waals surface area contributed by atoms with E-state index in [1.54, 1.807) is 0 Å². The zero-order chi connectivity index (χ0) is 13.9. The van der Waals surface area contributed by atoms with Crippen LogP contribution in [0.2, 0.25) is 0 Å². The Labute approximate surface area is 115 Å². The molecule has 106 valence electrons. The molecule has 1 aliphatic heterocycles. The quantitative estimate of drug-likeness (QED) is 0.839. The van der Waals surface area contributed by atoms with E-state index in [0.29, 0.717) is 19.1 Å². The van der Waals surface area contributed by atoms with Crippen LogP contribution < -0.4 is 5.73 Å². The van der Waals surface area contributed by atoms with Crippen molar-refractivity contribution >= 4 is 0 Å². The monoisotopic (exact) mass is 263 g/mol. The van der Waals surface area contributed by atoms with E-state index in [2.05, 4.69) is 41.1 Å². The van der Waals surface area contributed by atoms with E-state index in [1.807, 2.05) is 13.0 Å². The van der Waals surface area contributed by atoms with Crippen molar-refractivity contribution in [3.8, 4) is 0 Å². The first kappa shape index (κ1) is 14.5. The second-order valence-corrected chi connectivity index (χ2v) is 5.86. The second-order valence-electron chi connectivity index (χ2n) is 5.86. The van der Waals surface area contributed by atoms with Crippen LogP contribution in [0.4, 0.5) is 0 Å². The van der Waals surface area contributed by atoms with E-state index in [0.717, 1.165) is 19.6 Å². The van der Waals surface area contributed by atoms with Gasteiger partial charge in [0.05, 0.1) is 5.60 Å². The average Bonchev–Trinajstić information content (AvgIpc) is 2.42. The van der Waals surface area contributed by atoms with Gasteiger partial charge in [0.15, 0.2) is 0 Å². The molecule has 4 nitrogen and oxygen atoms in total. The van der Waals surface area contributed by atoms with Crippen LogP contribution in [0.25, 0.3) is 0 Å². The largest absolute Gasteiger partial charge is 0.388 e. The molecular formula is C15H25N3O. The van der Waals surface area contributed by atoms with Gasteiger partial charge in [0, 0.05) is 38.8 Å². The molecule has 1 fully saturated rings.